The van der Waals surface area contributed by atoms with Crippen molar-refractivity contribution < 1.29 is 9.53 Å². The van der Waals surface area contributed by atoms with Gasteiger partial charge in [-0.25, -0.2) is 4.79 Å². The summed E-state index contributed by atoms with van der Waals surface area (Å²) in [6.07, 6.45) is 4.26. The zero-order valence-electron chi connectivity index (χ0n) is 8.49. The van der Waals surface area contributed by atoms with Crippen LogP contribution < -0.4 is 0 Å². The maximum atomic E-state index is 11.4. The van der Waals surface area contributed by atoms with Gasteiger partial charge in [0.25, 0.3) is 0 Å². The van der Waals surface area contributed by atoms with Gasteiger partial charge in [-0.15, -0.1) is 0 Å². The lowest BCUT2D eigenvalue weighted by Crippen LogP contribution is -2.07. The molecule has 4 nitrogen and oxygen atoms in total. The number of aryl methyl sites for hydroxylation is 1. The molecule has 0 radical (unpaired) electrons. The zero-order valence-corrected chi connectivity index (χ0v) is 8.49. The number of rotatable bonds is 3. The van der Waals surface area contributed by atoms with Gasteiger partial charge in [0.05, 0.1) is 12.6 Å². The van der Waals surface area contributed by atoms with E-state index in [2.05, 4.69) is 5.10 Å². The average Bonchev–Trinajstić information content (AvgIpc) is 2.91. The Balaban J connectivity index is 2.19. The van der Waals surface area contributed by atoms with E-state index in [1.165, 1.54) is 12.8 Å². The summed E-state index contributed by atoms with van der Waals surface area (Å²) in [5.74, 6) is -0.315. The summed E-state index contributed by atoms with van der Waals surface area (Å²) in [4.78, 5) is 11.4. The van der Waals surface area contributed by atoms with Crippen molar-refractivity contribution in [1.29, 1.82) is 0 Å². The second kappa shape index (κ2) is 3.44. The van der Waals surface area contributed by atoms with Crippen molar-refractivity contribution in [1.82, 2.24) is 9.78 Å². The Hall–Kier alpha value is -1.32. The molecule has 0 amide bonds. The molecule has 1 aliphatic carbocycles. The van der Waals surface area contributed by atoms with Crippen LogP contribution in [0.2, 0.25) is 0 Å². The number of esters is 1. The van der Waals surface area contributed by atoms with Gasteiger partial charge in [-0.1, -0.05) is 0 Å². The first-order valence-electron chi connectivity index (χ1n) is 4.95. The summed E-state index contributed by atoms with van der Waals surface area (Å²) < 4.78 is 6.78. The van der Waals surface area contributed by atoms with E-state index in [1.807, 2.05) is 17.8 Å². The van der Waals surface area contributed by atoms with E-state index in [9.17, 15) is 4.79 Å². The van der Waals surface area contributed by atoms with Crippen LogP contribution in [0.5, 0.6) is 0 Å². The highest BCUT2D eigenvalue weighted by Crippen LogP contribution is 2.34. The van der Waals surface area contributed by atoms with Gasteiger partial charge in [0.2, 0.25) is 0 Å². The van der Waals surface area contributed by atoms with Gasteiger partial charge in [0.1, 0.15) is 0 Å². The van der Waals surface area contributed by atoms with Crippen molar-refractivity contribution in [2.75, 3.05) is 6.61 Å². The van der Waals surface area contributed by atoms with Crippen molar-refractivity contribution in [2.24, 2.45) is 0 Å². The molecule has 14 heavy (non-hydrogen) atoms. The molecule has 0 saturated heterocycles. The molecule has 4 heteroatoms. The molecule has 0 unspecified atom stereocenters. The van der Waals surface area contributed by atoms with Crippen LogP contribution >= 0.6 is 0 Å². The summed E-state index contributed by atoms with van der Waals surface area (Å²) in [6, 6.07) is 0.511. The number of ether oxygens (including phenoxy) is 1. The van der Waals surface area contributed by atoms with E-state index in [-0.39, 0.29) is 5.97 Å². The Morgan fingerprint density at radius 2 is 2.43 bits per heavy atom. The van der Waals surface area contributed by atoms with Crippen molar-refractivity contribution in [3.8, 4) is 0 Å². The fraction of sp³-hybridized carbons (Fsp3) is 0.600. The Bertz CT molecular complexity index is 353. The Morgan fingerprint density at radius 3 is 3.00 bits per heavy atom. The number of carbonyl (C=O) groups excluding carboxylic acids is 1. The number of hydrogen-bond acceptors (Lipinski definition) is 3. The third-order valence-corrected chi connectivity index (χ3v) is 2.30. The number of hydrogen-bond donors (Lipinski definition) is 0. The first-order valence-corrected chi connectivity index (χ1v) is 4.95. The van der Waals surface area contributed by atoms with E-state index in [1.54, 1.807) is 6.92 Å². The number of nitrogens with zero attached hydrogens (tertiary/aromatic N) is 2. The van der Waals surface area contributed by atoms with Crippen molar-refractivity contribution in [3.63, 3.8) is 0 Å². The zero-order chi connectivity index (χ0) is 10.1. The van der Waals surface area contributed by atoms with Crippen LogP contribution in [0.25, 0.3) is 0 Å². The van der Waals surface area contributed by atoms with Crippen LogP contribution in [0.15, 0.2) is 6.20 Å². The Kier molecular flexibility index (Phi) is 2.27. The molecule has 2 rings (SSSR count). The minimum atomic E-state index is -0.315. The molecule has 1 aromatic heterocycles. The molecule has 0 bridgehead atoms. The number of carbonyl (C=O) groups is 1. The first-order chi connectivity index (χ1) is 6.72. The van der Waals surface area contributed by atoms with E-state index < -0.39 is 0 Å². The number of aromatic nitrogens is 2. The van der Waals surface area contributed by atoms with E-state index >= 15 is 0 Å². The van der Waals surface area contributed by atoms with Crippen LogP contribution in [-0.4, -0.2) is 22.4 Å². The molecule has 0 spiro atoms. The van der Waals surface area contributed by atoms with Crippen LogP contribution in [0.1, 0.15) is 41.9 Å². The summed E-state index contributed by atoms with van der Waals surface area (Å²) in [7, 11) is 0. The van der Waals surface area contributed by atoms with Crippen LogP contribution in [0.3, 0.4) is 0 Å². The molecule has 1 heterocycles. The van der Waals surface area contributed by atoms with Crippen molar-refractivity contribution in [3.05, 3.63) is 17.5 Å². The van der Waals surface area contributed by atoms with Gasteiger partial charge in [0.15, 0.2) is 5.69 Å². The molecule has 76 valence electrons. The first kappa shape index (κ1) is 9.24. The second-order valence-corrected chi connectivity index (χ2v) is 3.59. The standard InChI is InChI=1S/C10H14N2O2/c1-3-14-10(13)9-7(2)6-12(11-9)8-4-5-8/h6,8H,3-5H2,1-2H3. The maximum Gasteiger partial charge on any atom is 0.359 e. The third kappa shape index (κ3) is 1.64. The molecule has 0 atom stereocenters. The molecule has 1 saturated carbocycles. The highest BCUT2D eigenvalue weighted by atomic mass is 16.5. The smallest absolute Gasteiger partial charge is 0.359 e. The Morgan fingerprint density at radius 1 is 1.71 bits per heavy atom. The molecule has 0 N–H and O–H groups in total. The lowest BCUT2D eigenvalue weighted by Gasteiger charge is -1.98. The predicted molar refractivity (Wildman–Crippen MR) is 51.2 cm³/mol. The SMILES string of the molecule is CCOC(=O)c1nn(C2CC2)cc1C. The summed E-state index contributed by atoms with van der Waals surface area (Å²) in [6.45, 7) is 4.08. The highest BCUT2D eigenvalue weighted by molar-refractivity contribution is 5.88. The van der Waals surface area contributed by atoms with Crippen LogP contribution in [0, 0.1) is 6.92 Å². The van der Waals surface area contributed by atoms with Gasteiger partial charge < -0.3 is 4.74 Å². The van der Waals surface area contributed by atoms with Gasteiger partial charge in [0, 0.05) is 11.8 Å². The predicted octanol–water partition coefficient (Wildman–Crippen LogP) is 1.70. The van der Waals surface area contributed by atoms with Crippen molar-refractivity contribution in [2.45, 2.75) is 32.7 Å². The molecule has 0 aromatic carbocycles. The molecular weight excluding hydrogens is 180 g/mol. The monoisotopic (exact) mass is 194 g/mol. The van der Waals surface area contributed by atoms with Crippen LogP contribution in [0.4, 0.5) is 0 Å². The highest BCUT2D eigenvalue weighted by Gasteiger charge is 2.26. The average molecular weight is 194 g/mol. The molecular formula is C10H14N2O2. The lowest BCUT2D eigenvalue weighted by atomic mass is 10.3. The second-order valence-electron chi connectivity index (χ2n) is 3.59. The van der Waals surface area contributed by atoms with E-state index in [0.29, 0.717) is 18.3 Å². The van der Waals surface area contributed by atoms with Gasteiger partial charge in [-0.2, -0.15) is 5.10 Å². The quantitative estimate of drug-likeness (QED) is 0.688. The van der Waals surface area contributed by atoms with Gasteiger partial charge in [-0.3, -0.25) is 4.68 Å². The van der Waals surface area contributed by atoms with Crippen molar-refractivity contribution >= 4 is 5.97 Å². The van der Waals surface area contributed by atoms with Crippen LogP contribution in [-0.2, 0) is 4.74 Å². The summed E-state index contributed by atoms with van der Waals surface area (Å²) >= 11 is 0. The van der Waals surface area contributed by atoms with Gasteiger partial charge in [-0.05, 0) is 26.7 Å². The summed E-state index contributed by atoms with van der Waals surface area (Å²) in [5.41, 5.74) is 1.36. The van der Waals surface area contributed by atoms with E-state index in [0.717, 1.165) is 5.56 Å². The minimum absolute atomic E-state index is 0.315. The molecule has 1 aromatic rings. The minimum Gasteiger partial charge on any atom is -0.461 e. The fourth-order valence-corrected chi connectivity index (χ4v) is 1.41. The molecule has 0 aliphatic heterocycles. The fourth-order valence-electron chi connectivity index (χ4n) is 1.41. The Labute approximate surface area is 82.9 Å². The third-order valence-electron chi connectivity index (χ3n) is 2.30. The normalized spacial score (nSPS) is 15.6. The van der Waals surface area contributed by atoms with Gasteiger partial charge >= 0.3 is 5.97 Å². The maximum absolute atomic E-state index is 11.4. The molecule has 1 aliphatic rings. The van der Waals surface area contributed by atoms with E-state index in [4.69, 9.17) is 4.74 Å². The molecule has 1 fully saturated rings. The lowest BCUT2D eigenvalue weighted by molar-refractivity contribution is 0.0517. The topological polar surface area (TPSA) is 44.1 Å². The largest absolute Gasteiger partial charge is 0.461 e. The summed E-state index contributed by atoms with van der Waals surface area (Å²) in [5, 5.41) is 4.23.